The number of nitrogens with one attached hydrogen (secondary N) is 1. The van der Waals surface area contributed by atoms with Crippen LogP contribution in [0.3, 0.4) is 0 Å². The van der Waals surface area contributed by atoms with Crippen molar-refractivity contribution in [3.8, 4) is 0 Å². The van der Waals surface area contributed by atoms with Crippen LogP contribution in [0.2, 0.25) is 0 Å². The van der Waals surface area contributed by atoms with Crippen molar-refractivity contribution in [1.82, 2.24) is 0 Å². The summed E-state index contributed by atoms with van der Waals surface area (Å²) in [4.78, 5) is 25.5. The second-order valence-electron chi connectivity index (χ2n) is 5.74. The molecule has 0 aliphatic carbocycles. The topological polar surface area (TPSA) is 75.4 Å². The highest BCUT2D eigenvalue weighted by molar-refractivity contribution is 5.97. The van der Waals surface area contributed by atoms with Crippen LogP contribution >= 0.6 is 0 Å². The first-order valence-electron chi connectivity index (χ1n) is 7.42. The highest BCUT2D eigenvalue weighted by Gasteiger charge is 2.23. The molecule has 5 nitrogen and oxygen atoms in total. The maximum absolute atomic E-state index is 11.9. The molecule has 2 amide bonds. The van der Waals surface area contributed by atoms with E-state index in [4.69, 9.17) is 5.73 Å². The van der Waals surface area contributed by atoms with Gasteiger partial charge in [-0.1, -0.05) is 6.92 Å². The van der Waals surface area contributed by atoms with Crippen LogP contribution in [0, 0.1) is 12.8 Å². The molecule has 1 heterocycles. The largest absolute Gasteiger partial charge is 0.330 e. The number of carbonyl (C=O) groups excluding carboxylic acids is 2. The van der Waals surface area contributed by atoms with Gasteiger partial charge in [-0.3, -0.25) is 9.59 Å². The van der Waals surface area contributed by atoms with Crippen molar-refractivity contribution in [2.45, 2.75) is 33.1 Å². The summed E-state index contributed by atoms with van der Waals surface area (Å²) in [5.41, 5.74) is 8.22. The van der Waals surface area contributed by atoms with E-state index in [2.05, 4.69) is 5.32 Å². The second-order valence-corrected chi connectivity index (χ2v) is 5.74. The lowest BCUT2D eigenvalue weighted by Crippen LogP contribution is -2.24. The number of aryl methyl sites for hydroxylation is 1. The Morgan fingerprint density at radius 2 is 2.24 bits per heavy atom. The van der Waals surface area contributed by atoms with Gasteiger partial charge in [-0.2, -0.15) is 0 Å². The lowest BCUT2D eigenvalue weighted by Gasteiger charge is -2.19. The Hall–Kier alpha value is -1.88. The number of amides is 2. The molecule has 1 unspecified atom stereocenters. The van der Waals surface area contributed by atoms with Gasteiger partial charge in [0, 0.05) is 30.8 Å². The van der Waals surface area contributed by atoms with E-state index in [0.717, 1.165) is 29.9 Å². The molecule has 1 fully saturated rings. The van der Waals surface area contributed by atoms with E-state index in [1.807, 2.05) is 36.9 Å². The molecule has 5 heteroatoms. The summed E-state index contributed by atoms with van der Waals surface area (Å²) in [6.45, 7) is 5.19. The Labute approximate surface area is 125 Å². The Morgan fingerprint density at radius 3 is 2.81 bits per heavy atom. The quantitative estimate of drug-likeness (QED) is 0.871. The number of benzene rings is 1. The van der Waals surface area contributed by atoms with E-state index >= 15 is 0 Å². The molecule has 0 bridgehead atoms. The fourth-order valence-corrected chi connectivity index (χ4v) is 2.55. The zero-order valence-corrected chi connectivity index (χ0v) is 12.7. The van der Waals surface area contributed by atoms with E-state index in [0.29, 0.717) is 19.4 Å². The molecule has 1 aliphatic rings. The van der Waals surface area contributed by atoms with Crippen molar-refractivity contribution in [3.63, 3.8) is 0 Å². The van der Waals surface area contributed by atoms with Crippen LogP contribution in [0.25, 0.3) is 0 Å². The first-order valence-corrected chi connectivity index (χ1v) is 7.42. The molecule has 0 saturated carbocycles. The molecule has 0 aromatic heterocycles. The summed E-state index contributed by atoms with van der Waals surface area (Å²) < 4.78 is 0. The molecule has 3 N–H and O–H groups in total. The number of nitrogens with two attached hydrogens (primary N) is 1. The third-order valence-electron chi connectivity index (χ3n) is 3.78. The molecule has 1 aromatic rings. The van der Waals surface area contributed by atoms with Crippen molar-refractivity contribution in [1.29, 1.82) is 0 Å². The zero-order valence-electron chi connectivity index (χ0n) is 12.7. The standard InChI is InChI=1S/C16H23N3O2/c1-11(10-17)8-15(20)18-13-5-6-14(12(2)9-13)19-7-3-4-16(19)21/h5-6,9,11H,3-4,7-8,10,17H2,1-2H3,(H,18,20). The smallest absolute Gasteiger partial charge is 0.227 e. The van der Waals surface area contributed by atoms with Crippen molar-refractivity contribution in [3.05, 3.63) is 23.8 Å². The summed E-state index contributed by atoms with van der Waals surface area (Å²) in [6.07, 6.45) is 1.95. The molecule has 1 atom stereocenters. The highest BCUT2D eigenvalue weighted by Crippen LogP contribution is 2.27. The van der Waals surface area contributed by atoms with Crippen LogP contribution < -0.4 is 16.0 Å². The summed E-state index contributed by atoms with van der Waals surface area (Å²) in [6, 6.07) is 5.66. The third-order valence-corrected chi connectivity index (χ3v) is 3.78. The monoisotopic (exact) mass is 289 g/mol. The van der Waals surface area contributed by atoms with E-state index in [-0.39, 0.29) is 17.7 Å². The maximum atomic E-state index is 11.9. The van der Waals surface area contributed by atoms with Gasteiger partial charge in [0.25, 0.3) is 0 Å². The SMILES string of the molecule is Cc1cc(NC(=O)CC(C)CN)ccc1N1CCCC1=O. The second kappa shape index (κ2) is 6.72. The average Bonchev–Trinajstić information content (AvgIpc) is 2.84. The molecule has 1 aliphatic heterocycles. The van der Waals surface area contributed by atoms with Crippen LogP contribution in [0.4, 0.5) is 11.4 Å². The molecule has 2 rings (SSSR count). The van der Waals surface area contributed by atoms with Gasteiger partial charge >= 0.3 is 0 Å². The summed E-state index contributed by atoms with van der Waals surface area (Å²) in [7, 11) is 0. The molecule has 1 aromatic carbocycles. The third kappa shape index (κ3) is 3.82. The summed E-state index contributed by atoms with van der Waals surface area (Å²) in [5, 5.41) is 2.88. The predicted octanol–water partition coefficient (Wildman–Crippen LogP) is 2.05. The van der Waals surface area contributed by atoms with Crippen molar-refractivity contribution in [2.75, 3.05) is 23.3 Å². The van der Waals surface area contributed by atoms with Crippen LogP contribution in [-0.2, 0) is 9.59 Å². The Bertz CT molecular complexity index is 542. The van der Waals surface area contributed by atoms with Crippen molar-refractivity contribution < 1.29 is 9.59 Å². The van der Waals surface area contributed by atoms with Gasteiger partial charge in [0.2, 0.25) is 11.8 Å². The van der Waals surface area contributed by atoms with Gasteiger partial charge < -0.3 is 16.0 Å². The summed E-state index contributed by atoms with van der Waals surface area (Å²) >= 11 is 0. The highest BCUT2D eigenvalue weighted by atomic mass is 16.2. The molecular weight excluding hydrogens is 266 g/mol. The fourth-order valence-electron chi connectivity index (χ4n) is 2.55. The Balaban J connectivity index is 2.05. The molecule has 0 spiro atoms. The van der Waals surface area contributed by atoms with Crippen molar-refractivity contribution >= 4 is 23.2 Å². The molecule has 0 radical (unpaired) electrons. The normalized spacial score (nSPS) is 16.1. The number of hydrogen-bond donors (Lipinski definition) is 2. The number of nitrogens with zero attached hydrogens (tertiary/aromatic N) is 1. The maximum Gasteiger partial charge on any atom is 0.227 e. The molecule has 21 heavy (non-hydrogen) atoms. The summed E-state index contributed by atoms with van der Waals surface area (Å²) in [5.74, 6) is 0.316. The van der Waals surface area contributed by atoms with Crippen LogP contribution in [0.5, 0.6) is 0 Å². The van der Waals surface area contributed by atoms with E-state index in [9.17, 15) is 9.59 Å². The molecule has 114 valence electrons. The Kier molecular flexibility index (Phi) is 4.96. The lowest BCUT2D eigenvalue weighted by atomic mass is 10.1. The van der Waals surface area contributed by atoms with Gasteiger partial charge in [-0.05, 0) is 49.6 Å². The first kappa shape index (κ1) is 15.5. The van der Waals surface area contributed by atoms with Gasteiger partial charge in [-0.25, -0.2) is 0 Å². The van der Waals surface area contributed by atoms with E-state index in [1.165, 1.54) is 0 Å². The molecule has 1 saturated heterocycles. The van der Waals surface area contributed by atoms with Crippen LogP contribution in [0.15, 0.2) is 18.2 Å². The van der Waals surface area contributed by atoms with Gasteiger partial charge in [0.05, 0.1) is 0 Å². The van der Waals surface area contributed by atoms with Gasteiger partial charge in [-0.15, -0.1) is 0 Å². The average molecular weight is 289 g/mol. The van der Waals surface area contributed by atoms with Gasteiger partial charge in [0.15, 0.2) is 0 Å². The number of rotatable bonds is 5. The minimum atomic E-state index is -0.0302. The van der Waals surface area contributed by atoms with Gasteiger partial charge in [0.1, 0.15) is 0 Å². The van der Waals surface area contributed by atoms with Crippen LogP contribution in [-0.4, -0.2) is 24.9 Å². The fraction of sp³-hybridized carbons (Fsp3) is 0.500. The Morgan fingerprint density at radius 1 is 1.48 bits per heavy atom. The molecular formula is C16H23N3O2. The minimum absolute atomic E-state index is 0.0302. The first-order chi connectivity index (χ1) is 10.0. The number of anilines is 2. The van der Waals surface area contributed by atoms with Crippen LogP contribution in [0.1, 0.15) is 31.7 Å². The number of hydrogen-bond acceptors (Lipinski definition) is 3. The van der Waals surface area contributed by atoms with Crippen molar-refractivity contribution in [2.24, 2.45) is 11.7 Å². The van der Waals surface area contributed by atoms with E-state index < -0.39 is 0 Å². The zero-order chi connectivity index (χ0) is 15.4. The number of carbonyl (C=O) groups is 2. The lowest BCUT2D eigenvalue weighted by molar-refractivity contribution is -0.117. The predicted molar refractivity (Wildman–Crippen MR) is 84.2 cm³/mol. The van der Waals surface area contributed by atoms with E-state index in [1.54, 1.807) is 0 Å². The minimum Gasteiger partial charge on any atom is -0.330 e.